The highest BCUT2D eigenvalue weighted by atomic mass is 15.3. The number of imidazole rings is 1. The molecule has 0 amide bonds. The minimum Gasteiger partial charge on any atom is -0.319 e. The number of aromatic nitrogens is 5. The Hall–Kier alpha value is -2.69. The molecule has 2 aromatic heterocycles. The SMILES string of the molecule is C/C=C(\C)c1c(-c2ccccc2)ncn1[C@@H](c1ncnn1C)C1CC1. The fourth-order valence-electron chi connectivity index (χ4n) is 3.45. The van der Waals surface area contributed by atoms with Gasteiger partial charge in [-0.25, -0.2) is 9.97 Å². The summed E-state index contributed by atoms with van der Waals surface area (Å²) in [6.07, 6.45) is 8.22. The van der Waals surface area contributed by atoms with Crippen molar-refractivity contribution in [2.45, 2.75) is 32.7 Å². The molecular weight excluding hydrogens is 310 g/mol. The van der Waals surface area contributed by atoms with Gasteiger partial charge in [0.15, 0.2) is 0 Å². The summed E-state index contributed by atoms with van der Waals surface area (Å²) in [6.45, 7) is 4.23. The van der Waals surface area contributed by atoms with Crippen molar-refractivity contribution in [2.24, 2.45) is 13.0 Å². The molecule has 1 aliphatic rings. The lowest BCUT2D eigenvalue weighted by molar-refractivity contribution is 0.466. The van der Waals surface area contributed by atoms with E-state index in [1.165, 1.54) is 24.1 Å². The summed E-state index contributed by atoms with van der Waals surface area (Å²) < 4.78 is 4.19. The van der Waals surface area contributed by atoms with E-state index in [0.29, 0.717) is 5.92 Å². The Labute approximate surface area is 148 Å². The summed E-state index contributed by atoms with van der Waals surface area (Å²) >= 11 is 0. The van der Waals surface area contributed by atoms with Crippen molar-refractivity contribution in [1.29, 1.82) is 0 Å². The molecule has 25 heavy (non-hydrogen) atoms. The molecule has 0 saturated heterocycles. The van der Waals surface area contributed by atoms with Crippen LogP contribution in [0.15, 0.2) is 49.1 Å². The zero-order valence-electron chi connectivity index (χ0n) is 14.9. The van der Waals surface area contributed by atoms with E-state index in [1.54, 1.807) is 6.33 Å². The third-order valence-electron chi connectivity index (χ3n) is 5.03. The smallest absolute Gasteiger partial charge is 0.150 e. The lowest BCUT2D eigenvalue weighted by atomic mass is 10.0. The molecule has 0 spiro atoms. The van der Waals surface area contributed by atoms with E-state index in [9.17, 15) is 0 Å². The van der Waals surface area contributed by atoms with Crippen LogP contribution in [0.5, 0.6) is 0 Å². The highest BCUT2D eigenvalue weighted by Gasteiger charge is 2.38. The Morgan fingerprint density at radius 3 is 2.56 bits per heavy atom. The molecule has 3 aromatic rings. The number of hydrogen-bond acceptors (Lipinski definition) is 3. The first kappa shape index (κ1) is 15.8. The average Bonchev–Trinajstić information content (AvgIpc) is 3.24. The zero-order chi connectivity index (χ0) is 17.4. The van der Waals surface area contributed by atoms with Gasteiger partial charge >= 0.3 is 0 Å². The second-order valence-electron chi connectivity index (χ2n) is 6.71. The Morgan fingerprint density at radius 2 is 1.96 bits per heavy atom. The molecule has 1 atom stereocenters. The van der Waals surface area contributed by atoms with Crippen molar-refractivity contribution in [3.05, 3.63) is 60.6 Å². The molecule has 128 valence electrons. The first-order chi connectivity index (χ1) is 12.2. The van der Waals surface area contributed by atoms with Gasteiger partial charge < -0.3 is 4.57 Å². The third kappa shape index (κ3) is 2.80. The van der Waals surface area contributed by atoms with Gasteiger partial charge in [0.05, 0.1) is 23.8 Å². The number of benzene rings is 1. The standard InChI is InChI=1S/C20H23N5/c1-4-14(2)18-17(15-8-6-5-7-9-15)22-13-25(18)19(16-10-11-16)20-21-12-23-24(20)3/h4-9,12-13,16,19H,10-11H2,1-3H3/b14-4+/t19-/m1/s1. The van der Waals surface area contributed by atoms with Gasteiger partial charge in [0.1, 0.15) is 12.2 Å². The molecule has 0 radical (unpaired) electrons. The molecule has 1 saturated carbocycles. The van der Waals surface area contributed by atoms with E-state index in [4.69, 9.17) is 4.98 Å². The van der Waals surface area contributed by atoms with Crippen LogP contribution in [0.1, 0.15) is 44.2 Å². The maximum atomic E-state index is 4.79. The van der Waals surface area contributed by atoms with Crippen molar-refractivity contribution >= 4 is 5.57 Å². The summed E-state index contributed by atoms with van der Waals surface area (Å²) in [4.78, 5) is 9.34. The summed E-state index contributed by atoms with van der Waals surface area (Å²) in [7, 11) is 1.97. The van der Waals surface area contributed by atoms with Gasteiger partial charge in [-0.05, 0) is 38.2 Å². The van der Waals surface area contributed by atoms with Gasteiger partial charge in [-0.1, -0.05) is 36.4 Å². The quantitative estimate of drug-likeness (QED) is 0.706. The first-order valence-electron chi connectivity index (χ1n) is 8.80. The van der Waals surface area contributed by atoms with Crippen molar-refractivity contribution in [2.75, 3.05) is 0 Å². The van der Waals surface area contributed by atoms with Crippen molar-refractivity contribution in [3.63, 3.8) is 0 Å². The molecule has 0 unspecified atom stereocenters. The van der Waals surface area contributed by atoms with Crippen molar-refractivity contribution in [3.8, 4) is 11.3 Å². The molecule has 5 heteroatoms. The largest absolute Gasteiger partial charge is 0.319 e. The monoisotopic (exact) mass is 333 g/mol. The first-order valence-corrected chi connectivity index (χ1v) is 8.80. The van der Waals surface area contributed by atoms with Crippen LogP contribution in [-0.2, 0) is 7.05 Å². The van der Waals surface area contributed by atoms with Crippen LogP contribution in [-0.4, -0.2) is 24.3 Å². The van der Waals surface area contributed by atoms with Gasteiger partial charge in [-0.2, -0.15) is 5.10 Å². The maximum absolute atomic E-state index is 4.79. The van der Waals surface area contributed by atoms with E-state index < -0.39 is 0 Å². The van der Waals surface area contributed by atoms with Crippen molar-refractivity contribution in [1.82, 2.24) is 24.3 Å². The van der Waals surface area contributed by atoms with Gasteiger partial charge in [0.2, 0.25) is 0 Å². The van der Waals surface area contributed by atoms with Crippen LogP contribution in [0.4, 0.5) is 0 Å². The van der Waals surface area contributed by atoms with Gasteiger partial charge in [0.25, 0.3) is 0 Å². The molecule has 1 fully saturated rings. The number of nitrogens with zero attached hydrogens (tertiary/aromatic N) is 5. The Balaban J connectivity index is 1.90. The predicted molar refractivity (Wildman–Crippen MR) is 98.9 cm³/mol. The molecule has 0 aliphatic heterocycles. The number of aryl methyl sites for hydroxylation is 1. The number of hydrogen-bond donors (Lipinski definition) is 0. The fourth-order valence-corrected chi connectivity index (χ4v) is 3.45. The molecule has 4 rings (SSSR count). The predicted octanol–water partition coefficient (Wildman–Crippen LogP) is 4.10. The van der Waals surface area contributed by atoms with Crippen LogP contribution in [0.3, 0.4) is 0 Å². The van der Waals surface area contributed by atoms with E-state index >= 15 is 0 Å². The van der Waals surface area contributed by atoms with E-state index in [1.807, 2.05) is 24.1 Å². The topological polar surface area (TPSA) is 48.5 Å². The molecule has 1 aromatic carbocycles. The van der Waals surface area contributed by atoms with Crippen LogP contribution in [0.2, 0.25) is 0 Å². The Kier molecular flexibility index (Phi) is 3.99. The number of allylic oxidation sites excluding steroid dienone is 2. The van der Waals surface area contributed by atoms with Crippen LogP contribution < -0.4 is 0 Å². The van der Waals surface area contributed by atoms with Gasteiger partial charge in [0, 0.05) is 12.6 Å². The summed E-state index contributed by atoms with van der Waals surface area (Å²) in [5.74, 6) is 1.61. The Bertz CT molecular complexity index is 899. The molecular formula is C20H23N5. The molecule has 1 aliphatic carbocycles. The second-order valence-corrected chi connectivity index (χ2v) is 6.71. The zero-order valence-corrected chi connectivity index (χ0v) is 14.9. The average molecular weight is 333 g/mol. The highest BCUT2D eigenvalue weighted by molar-refractivity contribution is 5.76. The van der Waals surface area contributed by atoms with Gasteiger partial charge in [-0.3, -0.25) is 4.68 Å². The summed E-state index contributed by atoms with van der Waals surface area (Å²) in [5, 5.41) is 4.29. The van der Waals surface area contributed by atoms with E-state index in [-0.39, 0.29) is 6.04 Å². The summed E-state index contributed by atoms with van der Waals surface area (Å²) in [5.41, 5.74) is 4.58. The number of rotatable bonds is 5. The normalized spacial score (nSPS) is 16.2. The Morgan fingerprint density at radius 1 is 1.20 bits per heavy atom. The van der Waals surface area contributed by atoms with E-state index in [2.05, 4.69) is 58.8 Å². The van der Waals surface area contributed by atoms with E-state index in [0.717, 1.165) is 17.1 Å². The van der Waals surface area contributed by atoms with Gasteiger partial charge in [-0.15, -0.1) is 0 Å². The lowest BCUT2D eigenvalue weighted by Gasteiger charge is -2.21. The van der Waals surface area contributed by atoms with Crippen LogP contribution in [0.25, 0.3) is 16.8 Å². The maximum Gasteiger partial charge on any atom is 0.150 e. The summed E-state index contributed by atoms with van der Waals surface area (Å²) in [6, 6.07) is 10.6. The second kappa shape index (κ2) is 6.31. The molecule has 2 heterocycles. The third-order valence-corrected chi connectivity index (χ3v) is 5.03. The van der Waals surface area contributed by atoms with Crippen LogP contribution >= 0.6 is 0 Å². The minimum absolute atomic E-state index is 0.183. The van der Waals surface area contributed by atoms with Crippen LogP contribution in [0, 0.1) is 5.92 Å². The lowest BCUT2D eigenvalue weighted by Crippen LogP contribution is -2.19. The molecule has 5 nitrogen and oxygen atoms in total. The van der Waals surface area contributed by atoms with Crippen molar-refractivity contribution < 1.29 is 0 Å². The highest BCUT2D eigenvalue weighted by Crippen LogP contribution is 2.45. The molecule has 0 bridgehead atoms. The minimum atomic E-state index is 0.183. The fraction of sp³-hybridized carbons (Fsp3) is 0.350. The molecule has 0 N–H and O–H groups in total.